The summed E-state index contributed by atoms with van der Waals surface area (Å²) >= 11 is 0. The first kappa shape index (κ1) is 22.0. The molecule has 2 aliphatic heterocycles. The highest BCUT2D eigenvalue weighted by Crippen LogP contribution is 2.34. The number of piperazine rings is 1. The Kier molecular flexibility index (Phi) is 9.19. The van der Waals surface area contributed by atoms with Gasteiger partial charge in [-0.25, -0.2) is 0 Å². The minimum absolute atomic E-state index is 0.395. The summed E-state index contributed by atoms with van der Waals surface area (Å²) in [6.07, 6.45) is 1.69. The van der Waals surface area contributed by atoms with E-state index in [1.807, 2.05) is 0 Å². The Balaban J connectivity index is 1.96. The quantitative estimate of drug-likeness (QED) is 0.321. The monoisotopic (exact) mass is 376 g/mol. The Labute approximate surface area is 156 Å². The van der Waals surface area contributed by atoms with E-state index in [2.05, 4.69) is 12.2 Å². The van der Waals surface area contributed by atoms with E-state index in [4.69, 9.17) is 9.47 Å². The van der Waals surface area contributed by atoms with Gasteiger partial charge in [-0.2, -0.15) is 0 Å². The van der Waals surface area contributed by atoms with Gasteiger partial charge in [-0.05, 0) is 6.42 Å². The third kappa shape index (κ3) is 5.14. The number of hydrogen-bond acceptors (Lipinski definition) is 8. The first-order chi connectivity index (χ1) is 12.6. The summed E-state index contributed by atoms with van der Waals surface area (Å²) in [7, 11) is 0. The second-order valence-corrected chi connectivity index (χ2v) is 7.28. The van der Waals surface area contributed by atoms with E-state index in [0.29, 0.717) is 32.8 Å². The molecule has 0 bridgehead atoms. The Morgan fingerprint density at radius 1 is 1.12 bits per heavy atom. The average molecular weight is 376 g/mol. The summed E-state index contributed by atoms with van der Waals surface area (Å²) in [5.41, 5.74) is -1.84. The lowest BCUT2D eigenvalue weighted by molar-refractivity contribution is -0.380. The van der Waals surface area contributed by atoms with Gasteiger partial charge in [-0.1, -0.05) is 39.0 Å². The number of hydrogen-bond donors (Lipinski definition) is 5. The van der Waals surface area contributed by atoms with E-state index >= 15 is 0 Å². The van der Waals surface area contributed by atoms with Crippen molar-refractivity contribution in [2.45, 2.75) is 75.8 Å². The lowest BCUT2D eigenvalue weighted by Gasteiger charge is -2.53. The minimum Gasteiger partial charge on any atom is -0.394 e. The number of rotatable bonds is 10. The van der Waals surface area contributed by atoms with Crippen molar-refractivity contribution in [2.75, 3.05) is 39.4 Å². The Bertz CT molecular complexity index is 396. The predicted molar refractivity (Wildman–Crippen MR) is 96.5 cm³/mol. The standard InChI is InChI=1S/C18H36N2O6/c1-2-3-4-5-6-7-12-25-17-18(24,20-10-8-19-9-11-20)16(23)15(22)14(13-21)26-17/h14-17,19,21-24H,2-13H2,1H3/t14-,15-,16+,17?,18-/m1/s1. The molecule has 0 aromatic rings. The van der Waals surface area contributed by atoms with E-state index in [0.717, 1.165) is 19.3 Å². The lowest BCUT2D eigenvalue weighted by atomic mass is 9.91. The van der Waals surface area contributed by atoms with Gasteiger partial charge in [-0.15, -0.1) is 0 Å². The van der Waals surface area contributed by atoms with Gasteiger partial charge in [0.15, 0.2) is 5.72 Å². The normalized spacial score (nSPS) is 36.3. The van der Waals surface area contributed by atoms with Crippen LogP contribution in [0.1, 0.15) is 45.4 Å². The number of nitrogens with one attached hydrogen (secondary N) is 1. The van der Waals surface area contributed by atoms with Crippen LogP contribution >= 0.6 is 0 Å². The molecule has 8 heteroatoms. The van der Waals surface area contributed by atoms with E-state index < -0.39 is 36.9 Å². The maximum Gasteiger partial charge on any atom is 0.203 e. The van der Waals surface area contributed by atoms with Gasteiger partial charge in [0.25, 0.3) is 0 Å². The molecular formula is C18H36N2O6. The zero-order valence-electron chi connectivity index (χ0n) is 15.8. The van der Waals surface area contributed by atoms with Gasteiger partial charge in [0, 0.05) is 32.8 Å². The van der Waals surface area contributed by atoms with Crippen LogP contribution < -0.4 is 5.32 Å². The van der Waals surface area contributed by atoms with Crippen LogP contribution in [0.15, 0.2) is 0 Å². The average Bonchev–Trinajstić information content (AvgIpc) is 2.67. The molecule has 0 amide bonds. The lowest BCUT2D eigenvalue weighted by Crippen LogP contribution is -2.75. The molecule has 154 valence electrons. The summed E-state index contributed by atoms with van der Waals surface area (Å²) in [4.78, 5) is 1.69. The van der Waals surface area contributed by atoms with Crippen molar-refractivity contribution < 1.29 is 29.9 Å². The molecule has 0 spiro atoms. The summed E-state index contributed by atoms with van der Waals surface area (Å²) in [6.45, 7) is 4.46. The van der Waals surface area contributed by atoms with Gasteiger partial charge in [0.2, 0.25) is 6.29 Å². The third-order valence-corrected chi connectivity index (χ3v) is 5.36. The Morgan fingerprint density at radius 3 is 2.42 bits per heavy atom. The maximum absolute atomic E-state index is 11.2. The van der Waals surface area contributed by atoms with Crippen molar-refractivity contribution in [3.63, 3.8) is 0 Å². The van der Waals surface area contributed by atoms with Gasteiger partial charge < -0.3 is 35.2 Å². The topological polar surface area (TPSA) is 115 Å². The van der Waals surface area contributed by atoms with Crippen LogP contribution in [0.25, 0.3) is 0 Å². The number of aliphatic hydroxyl groups is 4. The molecule has 8 nitrogen and oxygen atoms in total. The molecule has 0 saturated carbocycles. The van der Waals surface area contributed by atoms with E-state index in [-0.39, 0.29) is 0 Å². The van der Waals surface area contributed by atoms with Crippen molar-refractivity contribution in [1.82, 2.24) is 10.2 Å². The number of aliphatic hydroxyl groups excluding tert-OH is 3. The zero-order chi connectivity index (χ0) is 19.0. The smallest absolute Gasteiger partial charge is 0.203 e. The Hall–Kier alpha value is -0.320. The van der Waals surface area contributed by atoms with Crippen molar-refractivity contribution >= 4 is 0 Å². The summed E-state index contributed by atoms with van der Waals surface area (Å²) in [5.74, 6) is 0. The molecule has 5 atom stereocenters. The van der Waals surface area contributed by atoms with E-state index in [9.17, 15) is 20.4 Å². The summed E-state index contributed by atoms with van der Waals surface area (Å²) in [6, 6.07) is 0. The molecule has 0 aromatic heterocycles. The van der Waals surface area contributed by atoms with Crippen LogP contribution in [0.4, 0.5) is 0 Å². The van der Waals surface area contributed by atoms with Crippen molar-refractivity contribution in [3.05, 3.63) is 0 Å². The molecule has 0 aromatic carbocycles. The first-order valence-electron chi connectivity index (χ1n) is 9.97. The molecule has 1 unspecified atom stereocenters. The summed E-state index contributed by atoms with van der Waals surface area (Å²) < 4.78 is 11.4. The maximum atomic E-state index is 11.2. The summed E-state index contributed by atoms with van der Waals surface area (Å²) in [5, 5.41) is 44.6. The van der Waals surface area contributed by atoms with Crippen molar-refractivity contribution in [1.29, 1.82) is 0 Å². The van der Waals surface area contributed by atoms with Crippen LogP contribution in [0.5, 0.6) is 0 Å². The molecule has 0 radical (unpaired) electrons. The fraction of sp³-hybridized carbons (Fsp3) is 1.00. The highest BCUT2D eigenvalue weighted by atomic mass is 16.7. The van der Waals surface area contributed by atoms with Gasteiger partial charge >= 0.3 is 0 Å². The molecule has 2 fully saturated rings. The Morgan fingerprint density at radius 2 is 1.77 bits per heavy atom. The van der Waals surface area contributed by atoms with E-state index in [1.54, 1.807) is 4.90 Å². The first-order valence-corrected chi connectivity index (χ1v) is 9.97. The molecule has 26 heavy (non-hydrogen) atoms. The largest absolute Gasteiger partial charge is 0.394 e. The van der Waals surface area contributed by atoms with Gasteiger partial charge in [-0.3, -0.25) is 4.90 Å². The van der Waals surface area contributed by atoms with Crippen LogP contribution in [-0.4, -0.2) is 95.0 Å². The highest BCUT2D eigenvalue weighted by molar-refractivity contribution is 5.01. The van der Waals surface area contributed by atoms with Crippen LogP contribution in [0.3, 0.4) is 0 Å². The van der Waals surface area contributed by atoms with Gasteiger partial charge in [0.1, 0.15) is 18.3 Å². The van der Waals surface area contributed by atoms with Crippen LogP contribution in [0, 0.1) is 0 Å². The van der Waals surface area contributed by atoms with Crippen LogP contribution in [-0.2, 0) is 9.47 Å². The fourth-order valence-electron chi connectivity index (χ4n) is 3.68. The fourth-order valence-corrected chi connectivity index (χ4v) is 3.68. The molecule has 2 heterocycles. The zero-order valence-corrected chi connectivity index (χ0v) is 15.8. The molecule has 2 rings (SSSR count). The molecule has 2 aliphatic rings. The predicted octanol–water partition coefficient (Wildman–Crippen LogP) is -0.604. The van der Waals surface area contributed by atoms with Crippen molar-refractivity contribution in [2.24, 2.45) is 0 Å². The minimum atomic E-state index is -1.84. The third-order valence-electron chi connectivity index (χ3n) is 5.36. The van der Waals surface area contributed by atoms with Crippen LogP contribution in [0.2, 0.25) is 0 Å². The van der Waals surface area contributed by atoms with Crippen molar-refractivity contribution in [3.8, 4) is 0 Å². The molecule has 5 N–H and O–H groups in total. The number of nitrogens with zero attached hydrogens (tertiary/aromatic N) is 1. The SMILES string of the molecule is CCCCCCCCOC1O[C@H](CO)[C@@H](O)[C@H](O)[C@]1(O)N1CCNCC1. The number of ether oxygens (including phenoxy) is 2. The number of unbranched alkanes of at least 4 members (excludes halogenated alkanes) is 5. The molecule has 2 saturated heterocycles. The van der Waals surface area contributed by atoms with Gasteiger partial charge in [0.05, 0.1) is 6.61 Å². The molecular weight excluding hydrogens is 340 g/mol. The van der Waals surface area contributed by atoms with E-state index in [1.165, 1.54) is 19.3 Å². The highest BCUT2D eigenvalue weighted by Gasteiger charge is 2.58. The second kappa shape index (κ2) is 10.9. The second-order valence-electron chi connectivity index (χ2n) is 7.28. The molecule has 0 aliphatic carbocycles.